The van der Waals surface area contributed by atoms with Crippen LogP contribution < -0.4 is 4.90 Å². The van der Waals surface area contributed by atoms with E-state index in [-0.39, 0.29) is 5.97 Å². The Morgan fingerprint density at radius 1 is 1.45 bits per heavy atom. The molecule has 2 saturated heterocycles. The van der Waals surface area contributed by atoms with Gasteiger partial charge in [0.05, 0.1) is 20.3 Å². The molecule has 1 aromatic heterocycles. The average molecular weight is 297 g/mol. The van der Waals surface area contributed by atoms with Crippen LogP contribution in [0.15, 0.2) is 5.38 Å². The van der Waals surface area contributed by atoms with Gasteiger partial charge in [0.25, 0.3) is 0 Å². The SMILES string of the molecule is COC(=O)c1csc(N2CCC(N3CCOCC3)C2)n1. The molecule has 0 radical (unpaired) electrons. The molecule has 0 saturated carbocycles. The van der Waals surface area contributed by atoms with Crippen LogP contribution in [0.4, 0.5) is 5.13 Å². The summed E-state index contributed by atoms with van der Waals surface area (Å²) in [5.41, 5.74) is 0.405. The number of ether oxygens (including phenoxy) is 2. The van der Waals surface area contributed by atoms with E-state index in [2.05, 4.69) is 14.8 Å². The van der Waals surface area contributed by atoms with Crippen molar-refractivity contribution in [2.24, 2.45) is 0 Å². The number of rotatable bonds is 3. The van der Waals surface area contributed by atoms with Crippen molar-refractivity contribution in [2.45, 2.75) is 12.5 Å². The molecule has 3 rings (SSSR count). The topological polar surface area (TPSA) is 54.9 Å². The summed E-state index contributed by atoms with van der Waals surface area (Å²) in [5, 5.41) is 2.68. The molecule has 2 aliphatic heterocycles. The van der Waals surface area contributed by atoms with Gasteiger partial charge in [0.1, 0.15) is 0 Å². The molecular formula is C13H19N3O3S. The summed E-state index contributed by atoms with van der Waals surface area (Å²) in [6, 6.07) is 0.573. The fraction of sp³-hybridized carbons (Fsp3) is 0.692. The van der Waals surface area contributed by atoms with Crippen LogP contribution >= 0.6 is 11.3 Å². The van der Waals surface area contributed by atoms with Gasteiger partial charge in [-0.05, 0) is 6.42 Å². The smallest absolute Gasteiger partial charge is 0.357 e. The molecule has 0 aromatic carbocycles. The number of carbonyl (C=O) groups excluding carboxylic acids is 1. The van der Waals surface area contributed by atoms with E-state index in [0.29, 0.717) is 11.7 Å². The maximum absolute atomic E-state index is 11.4. The van der Waals surface area contributed by atoms with Crippen molar-refractivity contribution in [1.29, 1.82) is 0 Å². The number of thiazole rings is 1. The highest BCUT2D eigenvalue weighted by molar-refractivity contribution is 7.13. The number of anilines is 1. The summed E-state index contributed by atoms with van der Waals surface area (Å²) >= 11 is 1.51. The molecule has 0 aliphatic carbocycles. The third-order valence-electron chi connectivity index (χ3n) is 3.88. The van der Waals surface area contributed by atoms with Crippen molar-refractivity contribution in [3.05, 3.63) is 11.1 Å². The van der Waals surface area contributed by atoms with E-state index < -0.39 is 0 Å². The Balaban J connectivity index is 1.61. The molecule has 2 aliphatic rings. The zero-order valence-corrected chi connectivity index (χ0v) is 12.4. The van der Waals surface area contributed by atoms with Gasteiger partial charge in [-0.25, -0.2) is 9.78 Å². The molecule has 0 spiro atoms. The van der Waals surface area contributed by atoms with Crippen LogP contribution in [-0.2, 0) is 9.47 Å². The third-order valence-corrected chi connectivity index (χ3v) is 4.78. The Bertz CT molecular complexity index is 473. The van der Waals surface area contributed by atoms with Crippen molar-refractivity contribution in [2.75, 3.05) is 51.4 Å². The fourth-order valence-electron chi connectivity index (χ4n) is 2.76. The van der Waals surface area contributed by atoms with E-state index in [9.17, 15) is 4.79 Å². The molecule has 3 heterocycles. The number of morpholine rings is 1. The summed E-state index contributed by atoms with van der Waals surface area (Å²) in [6.07, 6.45) is 1.15. The molecule has 6 nitrogen and oxygen atoms in total. The van der Waals surface area contributed by atoms with E-state index in [1.165, 1.54) is 18.4 Å². The standard InChI is InChI=1S/C13H19N3O3S/c1-18-12(17)11-9-20-13(14-11)16-3-2-10(8-16)15-4-6-19-7-5-15/h9-10H,2-8H2,1H3. The second-order valence-corrected chi connectivity index (χ2v) is 5.88. The lowest BCUT2D eigenvalue weighted by Gasteiger charge is -2.32. The predicted molar refractivity (Wildman–Crippen MR) is 76.5 cm³/mol. The van der Waals surface area contributed by atoms with E-state index >= 15 is 0 Å². The second-order valence-electron chi connectivity index (χ2n) is 5.04. The molecular weight excluding hydrogens is 278 g/mol. The summed E-state index contributed by atoms with van der Waals surface area (Å²) in [7, 11) is 1.38. The number of aromatic nitrogens is 1. The first-order chi connectivity index (χ1) is 9.78. The van der Waals surface area contributed by atoms with Gasteiger partial charge in [-0.1, -0.05) is 0 Å². The lowest BCUT2D eigenvalue weighted by Crippen LogP contribution is -2.44. The lowest BCUT2D eigenvalue weighted by atomic mass is 10.2. The fourth-order valence-corrected chi connectivity index (χ4v) is 3.60. The Morgan fingerprint density at radius 3 is 3.00 bits per heavy atom. The first-order valence-electron chi connectivity index (χ1n) is 6.88. The molecule has 1 atom stereocenters. The third kappa shape index (κ3) is 2.79. The van der Waals surface area contributed by atoms with Crippen LogP contribution in [0.1, 0.15) is 16.9 Å². The molecule has 0 N–H and O–H groups in total. The predicted octanol–water partition coefficient (Wildman–Crippen LogP) is 0.841. The first-order valence-corrected chi connectivity index (χ1v) is 7.76. The monoisotopic (exact) mass is 297 g/mol. The molecule has 1 unspecified atom stereocenters. The highest BCUT2D eigenvalue weighted by Gasteiger charge is 2.30. The Kier molecular flexibility index (Phi) is 4.18. The van der Waals surface area contributed by atoms with Gasteiger partial charge in [0.2, 0.25) is 0 Å². The zero-order valence-electron chi connectivity index (χ0n) is 11.6. The number of carbonyl (C=O) groups is 1. The van der Waals surface area contributed by atoms with Gasteiger partial charge in [0.15, 0.2) is 10.8 Å². The largest absolute Gasteiger partial charge is 0.464 e. The van der Waals surface area contributed by atoms with Crippen LogP contribution in [0, 0.1) is 0 Å². The molecule has 7 heteroatoms. The Labute approximate surface area is 122 Å². The quantitative estimate of drug-likeness (QED) is 0.771. The average Bonchev–Trinajstić information content (AvgIpc) is 3.16. The lowest BCUT2D eigenvalue weighted by molar-refractivity contribution is 0.0209. The number of methoxy groups -OCH3 is 1. The van der Waals surface area contributed by atoms with Gasteiger partial charge in [-0.2, -0.15) is 0 Å². The van der Waals surface area contributed by atoms with Crippen molar-refractivity contribution in [1.82, 2.24) is 9.88 Å². The minimum absolute atomic E-state index is 0.364. The van der Waals surface area contributed by atoms with E-state index in [1.54, 1.807) is 5.38 Å². The maximum atomic E-state index is 11.4. The highest BCUT2D eigenvalue weighted by Crippen LogP contribution is 2.27. The summed E-state index contributed by atoms with van der Waals surface area (Å²) in [4.78, 5) is 20.6. The second kappa shape index (κ2) is 6.07. The van der Waals surface area contributed by atoms with Crippen LogP contribution in [-0.4, -0.2) is 68.4 Å². The van der Waals surface area contributed by atoms with Gasteiger partial charge >= 0.3 is 5.97 Å². The van der Waals surface area contributed by atoms with Crippen molar-refractivity contribution in [3.63, 3.8) is 0 Å². The minimum Gasteiger partial charge on any atom is -0.464 e. The molecule has 0 bridgehead atoms. The molecule has 2 fully saturated rings. The summed E-state index contributed by atoms with van der Waals surface area (Å²) in [5.74, 6) is -0.364. The number of esters is 1. The number of hydrogen-bond acceptors (Lipinski definition) is 7. The summed E-state index contributed by atoms with van der Waals surface area (Å²) in [6.45, 7) is 5.68. The van der Waals surface area contributed by atoms with Crippen LogP contribution in [0.2, 0.25) is 0 Å². The Morgan fingerprint density at radius 2 is 2.25 bits per heavy atom. The molecule has 110 valence electrons. The van der Waals surface area contributed by atoms with Crippen LogP contribution in [0.5, 0.6) is 0 Å². The van der Waals surface area contributed by atoms with Gasteiger partial charge in [-0.15, -0.1) is 11.3 Å². The van der Waals surface area contributed by atoms with E-state index in [4.69, 9.17) is 9.47 Å². The maximum Gasteiger partial charge on any atom is 0.357 e. The summed E-state index contributed by atoms with van der Waals surface area (Å²) < 4.78 is 10.1. The van der Waals surface area contributed by atoms with Crippen LogP contribution in [0.25, 0.3) is 0 Å². The van der Waals surface area contributed by atoms with Crippen molar-refractivity contribution in [3.8, 4) is 0 Å². The molecule has 1 aromatic rings. The van der Waals surface area contributed by atoms with E-state index in [1.807, 2.05) is 0 Å². The number of nitrogens with zero attached hydrogens (tertiary/aromatic N) is 3. The normalized spacial score (nSPS) is 24.1. The highest BCUT2D eigenvalue weighted by atomic mass is 32.1. The van der Waals surface area contributed by atoms with Gasteiger partial charge in [0, 0.05) is 37.6 Å². The van der Waals surface area contributed by atoms with E-state index in [0.717, 1.165) is 50.9 Å². The zero-order chi connectivity index (χ0) is 13.9. The van der Waals surface area contributed by atoms with Gasteiger partial charge in [-0.3, -0.25) is 4.90 Å². The van der Waals surface area contributed by atoms with Gasteiger partial charge < -0.3 is 14.4 Å². The number of hydrogen-bond donors (Lipinski definition) is 0. The minimum atomic E-state index is -0.364. The van der Waals surface area contributed by atoms with Crippen molar-refractivity contribution >= 4 is 22.4 Å². The first kappa shape index (κ1) is 13.8. The Hall–Kier alpha value is -1.18. The van der Waals surface area contributed by atoms with Crippen LogP contribution in [0.3, 0.4) is 0 Å². The molecule has 20 heavy (non-hydrogen) atoms. The molecule has 0 amide bonds. The van der Waals surface area contributed by atoms with Crippen molar-refractivity contribution < 1.29 is 14.3 Å².